The van der Waals surface area contributed by atoms with Crippen LogP contribution in [-0.4, -0.2) is 11.1 Å². The van der Waals surface area contributed by atoms with Gasteiger partial charge in [0.15, 0.2) is 0 Å². The van der Waals surface area contributed by atoms with E-state index >= 15 is 0 Å². The Morgan fingerprint density at radius 3 is 2.70 bits per heavy atom. The van der Waals surface area contributed by atoms with Crippen molar-refractivity contribution < 1.29 is 14.3 Å². The van der Waals surface area contributed by atoms with E-state index in [1.54, 1.807) is 18.2 Å². The first kappa shape index (κ1) is 13.9. The molecule has 1 atom stereocenters. The summed E-state index contributed by atoms with van der Waals surface area (Å²) in [5, 5.41) is 12.2. The number of hydrogen-bond donors (Lipinski definition) is 3. The van der Waals surface area contributed by atoms with E-state index in [9.17, 15) is 9.18 Å². The summed E-state index contributed by atoms with van der Waals surface area (Å²) in [5.41, 5.74) is 7.40. The second-order valence-electron chi connectivity index (χ2n) is 4.53. The van der Waals surface area contributed by atoms with Gasteiger partial charge in [0.1, 0.15) is 5.82 Å². The first-order valence-electron chi connectivity index (χ1n) is 6.12. The molecule has 0 amide bonds. The van der Waals surface area contributed by atoms with Crippen LogP contribution in [0, 0.1) is 5.82 Å². The quantitative estimate of drug-likeness (QED) is 0.748. The summed E-state index contributed by atoms with van der Waals surface area (Å²) in [6.45, 7) is 1.82. The number of nitrogens with one attached hydrogen (secondary N) is 1. The van der Waals surface area contributed by atoms with Crippen LogP contribution in [0.4, 0.5) is 15.8 Å². The molecule has 0 aliphatic heterocycles. The first-order valence-corrected chi connectivity index (χ1v) is 6.12. The Labute approximate surface area is 116 Å². The number of rotatable bonds is 4. The van der Waals surface area contributed by atoms with Gasteiger partial charge in [0.25, 0.3) is 0 Å². The highest BCUT2D eigenvalue weighted by molar-refractivity contribution is 5.95. The van der Waals surface area contributed by atoms with Gasteiger partial charge in [0.2, 0.25) is 0 Å². The third-order valence-electron chi connectivity index (χ3n) is 2.99. The van der Waals surface area contributed by atoms with E-state index < -0.39 is 5.97 Å². The zero-order chi connectivity index (χ0) is 14.7. The normalized spacial score (nSPS) is 11.9. The van der Waals surface area contributed by atoms with Gasteiger partial charge in [0.05, 0.1) is 11.3 Å². The van der Waals surface area contributed by atoms with Crippen LogP contribution < -0.4 is 11.1 Å². The van der Waals surface area contributed by atoms with Gasteiger partial charge in [0, 0.05) is 11.7 Å². The summed E-state index contributed by atoms with van der Waals surface area (Å²) in [7, 11) is 0. The predicted octanol–water partition coefficient (Wildman–Crippen LogP) is 3.28. The standard InChI is InChI=1S/C15H15FN2O2/c1-9(10-3-2-4-11(16)7-10)18-14-8-12(17)5-6-13(14)15(19)20/h2-9,18H,17H2,1H3,(H,19,20). The second kappa shape index (κ2) is 5.61. The number of nitrogens with two attached hydrogens (primary N) is 1. The molecule has 0 aliphatic carbocycles. The number of halogens is 1. The molecule has 104 valence electrons. The largest absolute Gasteiger partial charge is 0.478 e. The van der Waals surface area contributed by atoms with Gasteiger partial charge >= 0.3 is 5.97 Å². The fourth-order valence-corrected chi connectivity index (χ4v) is 1.96. The van der Waals surface area contributed by atoms with Gasteiger partial charge in [-0.05, 0) is 42.8 Å². The Hall–Kier alpha value is -2.56. The van der Waals surface area contributed by atoms with Crippen molar-refractivity contribution in [2.24, 2.45) is 0 Å². The minimum Gasteiger partial charge on any atom is -0.478 e. The maximum Gasteiger partial charge on any atom is 0.337 e. The lowest BCUT2D eigenvalue weighted by Gasteiger charge is -2.17. The fraction of sp³-hybridized carbons (Fsp3) is 0.133. The zero-order valence-corrected chi connectivity index (χ0v) is 10.9. The van der Waals surface area contributed by atoms with Crippen LogP contribution in [0.3, 0.4) is 0 Å². The van der Waals surface area contributed by atoms with Crippen LogP contribution in [-0.2, 0) is 0 Å². The predicted molar refractivity (Wildman–Crippen MR) is 76.3 cm³/mol. The summed E-state index contributed by atoms with van der Waals surface area (Å²) in [6.07, 6.45) is 0. The molecule has 0 radical (unpaired) electrons. The van der Waals surface area contributed by atoms with E-state index in [1.807, 2.05) is 6.92 Å². The number of aromatic carboxylic acids is 1. The third kappa shape index (κ3) is 3.06. The molecule has 0 aliphatic rings. The summed E-state index contributed by atoms with van der Waals surface area (Å²) in [4.78, 5) is 11.2. The van der Waals surface area contributed by atoms with Gasteiger partial charge in [-0.2, -0.15) is 0 Å². The second-order valence-corrected chi connectivity index (χ2v) is 4.53. The smallest absolute Gasteiger partial charge is 0.337 e. The van der Waals surface area contributed by atoms with Crippen LogP contribution in [0.1, 0.15) is 28.9 Å². The average Bonchev–Trinajstić information content (AvgIpc) is 2.38. The number of benzene rings is 2. The van der Waals surface area contributed by atoms with Crippen molar-refractivity contribution in [1.82, 2.24) is 0 Å². The van der Waals surface area contributed by atoms with Gasteiger partial charge < -0.3 is 16.2 Å². The number of hydrogen-bond acceptors (Lipinski definition) is 3. The lowest BCUT2D eigenvalue weighted by atomic mass is 10.1. The number of carboxylic acid groups (broad SMARTS) is 1. The van der Waals surface area contributed by atoms with Crippen LogP contribution in [0.15, 0.2) is 42.5 Å². The van der Waals surface area contributed by atoms with E-state index in [0.29, 0.717) is 11.4 Å². The van der Waals surface area contributed by atoms with Gasteiger partial charge in [-0.1, -0.05) is 12.1 Å². The van der Waals surface area contributed by atoms with Gasteiger partial charge in [-0.15, -0.1) is 0 Å². The molecule has 4 nitrogen and oxygen atoms in total. The Bertz CT molecular complexity index is 644. The molecule has 0 saturated heterocycles. The van der Waals surface area contributed by atoms with E-state index in [0.717, 1.165) is 5.56 Å². The number of anilines is 2. The molecule has 20 heavy (non-hydrogen) atoms. The van der Waals surface area contributed by atoms with Crippen molar-refractivity contribution in [2.45, 2.75) is 13.0 Å². The summed E-state index contributed by atoms with van der Waals surface area (Å²) < 4.78 is 13.2. The molecule has 0 bridgehead atoms. The molecular weight excluding hydrogens is 259 g/mol. The molecule has 0 spiro atoms. The van der Waals surface area contributed by atoms with Crippen molar-refractivity contribution in [2.75, 3.05) is 11.1 Å². The fourth-order valence-electron chi connectivity index (χ4n) is 1.96. The Kier molecular flexibility index (Phi) is 3.89. The monoisotopic (exact) mass is 274 g/mol. The van der Waals surface area contributed by atoms with Crippen LogP contribution in [0.5, 0.6) is 0 Å². The highest BCUT2D eigenvalue weighted by Crippen LogP contribution is 2.25. The molecule has 0 fully saturated rings. The van der Waals surface area contributed by atoms with Crippen LogP contribution >= 0.6 is 0 Å². The first-order chi connectivity index (χ1) is 9.47. The molecule has 2 rings (SSSR count). The van der Waals surface area contributed by atoms with E-state index in [4.69, 9.17) is 10.8 Å². The molecule has 0 saturated carbocycles. The van der Waals surface area contributed by atoms with E-state index in [1.165, 1.54) is 24.3 Å². The molecular formula is C15H15FN2O2. The molecule has 0 aromatic heterocycles. The number of nitrogen functional groups attached to an aromatic ring is 1. The Morgan fingerprint density at radius 2 is 2.05 bits per heavy atom. The minimum atomic E-state index is -1.04. The van der Waals surface area contributed by atoms with E-state index in [-0.39, 0.29) is 17.4 Å². The lowest BCUT2D eigenvalue weighted by Crippen LogP contribution is -2.11. The Balaban J connectivity index is 2.29. The number of carbonyl (C=O) groups is 1. The molecule has 4 N–H and O–H groups in total. The molecule has 0 heterocycles. The minimum absolute atomic E-state index is 0.127. The molecule has 5 heteroatoms. The maximum atomic E-state index is 13.2. The average molecular weight is 274 g/mol. The van der Waals surface area contributed by atoms with Crippen molar-refractivity contribution >= 4 is 17.3 Å². The van der Waals surface area contributed by atoms with Crippen molar-refractivity contribution in [3.63, 3.8) is 0 Å². The topological polar surface area (TPSA) is 75.3 Å². The van der Waals surface area contributed by atoms with Gasteiger partial charge in [-0.25, -0.2) is 9.18 Å². The van der Waals surface area contributed by atoms with Crippen molar-refractivity contribution in [3.05, 3.63) is 59.4 Å². The van der Waals surface area contributed by atoms with Crippen LogP contribution in [0.2, 0.25) is 0 Å². The van der Waals surface area contributed by atoms with Crippen LogP contribution in [0.25, 0.3) is 0 Å². The van der Waals surface area contributed by atoms with E-state index in [2.05, 4.69) is 5.32 Å². The highest BCUT2D eigenvalue weighted by Gasteiger charge is 2.13. The summed E-state index contributed by atoms with van der Waals surface area (Å²) >= 11 is 0. The third-order valence-corrected chi connectivity index (χ3v) is 2.99. The highest BCUT2D eigenvalue weighted by atomic mass is 19.1. The molecule has 2 aromatic rings. The zero-order valence-electron chi connectivity index (χ0n) is 10.9. The number of carboxylic acids is 1. The lowest BCUT2D eigenvalue weighted by molar-refractivity contribution is 0.0698. The van der Waals surface area contributed by atoms with Crippen molar-refractivity contribution in [1.29, 1.82) is 0 Å². The summed E-state index contributed by atoms with van der Waals surface area (Å²) in [5.74, 6) is -1.37. The van der Waals surface area contributed by atoms with Gasteiger partial charge in [-0.3, -0.25) is 0 Å². The Morgan fingerprint density at radius 1 is 1.30 bits per heavy atom. The summed E-state index contributed by atoms with van der Waals surface area (Å²) in [6, 6.07) is 10.4. The molecule has 1 unspecified atom stereocenters. The molecule has 2 aromatic carbocycles. The maximum absolute atomic E-state index is 13.2. The van der Waals surface area contributed by atoms with Crippen molar-refractivity contribution in [3.8, 4) is 0 Å². The SMILES string of the molecule is CC(Nc1cc(N)ccc1C(=O)O)c1cccc(F)c1.